The van der Waals surface area contributed by atoms with Gasteiger partial charge in [0.05, 0.1) is 6.04 Å². The van der Waals surface area contributed by atoms with Gasteiger partial charge < -0.3 is 15.4 Å². The Balaban J connectivity index is 1.28. The number of pyridine rings is 1. The van der Waals surface area contributed by atoms with Gasteiger partial charge in [-0.25, -0.2) is 0 Å². The van der Waals surface area contributed by atoms with Crippen molar-refractivity contribution in [3.8, 4) is 5.75 Å². The van der Waals surface area contributed by atoms with Crippen LogP contribution < -0.4 is 15.4 Å². The fraction of sp³-hybridized carbons (Fsp3) is 0.174. The molecule has 1 aromatic heterocycles. The van der Waals surface area contributed by atoms with E-state index in [9.17, 15) is 9.59 Å². The highest BCUT2D eigenvalue weighted by atomic mass is 16.5. The number of fused-ring (bicyclic) bond motifs is 1. The molecule has 29 heavy (non-hydrogen) atoms. The van der Waals surface area contributed by atoms with Gasteiger partial charge in [-0.05, 0) is 42.3 Å². The second-order valence-electron chi connectivity index (χ2n) is 6.86. The molecular weight excluding hydrogens is 366 g/mol. The van der Waals surface area contributed by atoms with Gasteiger partial charge in [0.2, 0.25) is 5.91 Å². The van der Waals surface area contributed by atoms with E-state index in [1.54, 1.807) is 36.7 Å². The van der Waals surface area contributed by atoms with Gasteiger partial charge in [0.1, 0.15) is 12.4 Å². The van der Waals surface area contributed by atoms with Gasteiger partial charge in [-0.3, -0.25) is 14.6 Å². The second-order valence-corrected chi connectivity index (χ2v) is 6.86. The van der Waals surface area contributed by atoms with Crippen LogP contribution in [0.1, 0.15) is 33.9 Å². The lowest BCUT2D eigenvalue weighted by Gasteiger charge is -2.12. The zero-order chi connectivity index (χ0) is 20.1. The number of hydrogen-bond donors (Lipinski definition) is 2. The van der Waals surface area contributed by atoms with Gasteiger partial charge >= 0.3 is 0 Å². The Kier molecular flexibility index (Phi) is 5.52. The fourth-order valence-corrected chi connectivity index (χ4v) is 3.27. The quantitative estimate of drug-likeness (QED) is 0.678. The smallest absolute Gasteiger partial charge is 0.255 e. The SMILES string of the molecule is O=C(CCc1ccc(C(=O)Nc2ccncc2)cc1)N[C@H]1COc2ccccc21. The topological polar surface area (TPSA) is 80.3 Å². The Morgan fingerprint density at radius 3 is 2.55 bits per heavy atom. The first-order valence-electron chi connectivity index (χ1n) is 9.50. The third-order valence-electron chi connectivity index (χ3n) is 4.83. The summed E-state index contributed by atoms with van der Waals surface area (Å²) >= 11 is 0. The van der Waals surface area contributed by atoms with Crippen LogP contribution in [-0.4, -0.2) is 23.4 Å². The van der Waals surface area contributed by atoms with E-state index in [0.717, 1.165) is 16.9 Å². The Hall–Kier alpha value is -3.67. The summed E-state index contributed by atoms with van der Waals surface area (Å²) in [7, 11) is 0. The molecule has 6 heteroatoms. The molecule has 0 aliphatic carbocycles. The van der Waals surface area contributed by atoms with Crippen LogP contribution in [0.15, 0.2) is 73.1 Å². The second kappa shape index (κ2) is 8.56. The summed E-state index contributed by atoms with van der Waals surface area (Å²) in [6.07, 6.45) is 4.23. The number of aryl methyl sites for hydroxylation is 1. The van der Waals surface area contributed by atoms with Gasteiger partial charge in [0.25, 0.3) is 5.91 Å². The third-order valence-corrected chi connectivity index (χ3v) is 4.83. The van der Waals surface area contributed by atoms with Crippen molar-refractivity contribution in [2.75, 3.05) is 11.9 Å². The summed E-state index contributed by atoms with van der Waals surface area (Å²) in [5.41, 5.74) is 3.28. The van der Waals surface area contributed by atoms with Crippen molar-refractivity contribution in [3.63, 3.8) is 0 Å². The first-order chi connectivity index (χ1) is 14.2. The van der Waals surface area contributed by atoms with Gasteiger partial charge in [-0.15, -0.1) is 0 Å². The van der Waals surface area contributed by atoms with Crippen molar-refractivity contribution in [3.05, 3.63) is 89.7 Å². The lowest BCUT2D eigenvalue weighted by molar-refractivity contribution is -0.121. The van der Waals surface area contributed by atoms with Gasteiger partial charge in [-0.2, -0.15) is 0 Å². The normalized spacial score (nSPS) is 14.6. The Morgan fingerprint density at radius 1 is 1.00 bits per heavy atom. The predicted molar refractivity (Wildman–Crippen MR) is 110 cm³/mol. The number of hydrogen-bond acceptors (Lipinski definition) is 4. The zero-order valence-electron chi connectivity index (χ0n) is 15.8. The van der Waals surface area contributed by atoms with Crippen LogP contribution in [0.3, 0.4) is 0 Å². The van der Waals surface area contributed by atoms with E-state index in [-0.39, 0.29) is 17.9 Å². The highest BCUT2D eigenvalue weighted by Gasteiger charge is 2.24. The molecule has 0 bridgehead atoms. The maximum atomic E-state index is 12.3. The molecule has 6 nitrogen and oxygen atoms in total. The van der Waals surface area contributed by atoms with Crippen LogP contribution in [0.25, 0.3) is 0 Å². The van der Waals surface area contributed by atoms with E-state index in [1.807, 2.05) is 36.4 Å². The van der Waals surface area contributed by atoms with E-state index in [2.05, 4.69) is 15.6 Å². The summed E-state index contributed by atoms with van der Waals surface area (Å²) in [4.78, 5) is 28.5. The molecule has 0 radical (unpaired) electrons. The summed E-state index contributed by atoms with van der Waals surface area (Å²) in [5, 5.41) is 5.85. The van der Waals surface area contributed by atoms with Crippen molar-refractivity contribution in [1.82, 2.24) is 10.3 Å². The fourth-order valence-electron chi connectivity index (χ4n) is 3.27. The Morgan fingerprint density at radius 2 is 1.76 bits per heavy atom. The van der Waals surface area contributed by atoms with Crippen LogP contribution in [0.4, 0.5) is 5.69 Å². The van der Waals surface area contributed by atoms with Crippen LogP contribution in [0, 0.1) is 0 Å². The van der Waals surface area contributed by atoms with E-state index >= 15 is 0 Å². The number of benzene rings is 2. The molecule has 0 spiro atoms. The number of carbonyl (C=O) groups is 2. The molecule has 2 N–H and O–H groups in total. The van der Waals surface area contributed by atoms with Crippen molar-refractivity contribution < 1.29 is 14.3 Å². The van der Waals surface area contributed by atoms with E-state index in [4.69, 9.17) is 4.74 Å². The minimum Gasteiger partial charge on any atom is -0.491 e. The number of nitrogens with one attached hydrogen (secondary N) is 2. The molecule has 0 saturated heterocycles. The first kappa shape index (κ1) is 18.7. The summed E-state index contributed by atoms with van der Waals surface area (Å²) in [6.45, 7) is 0.465. The van der Waals surface area contributed by atoms with Crippen molar-refractivity contribution in [2.24, 2.45) is 0 Å². The lowest BCUT2D eigenvalue weighted by atomic mass is 10.1. The van der Waals surface area contributed by atoms with Crippen molar-refractivity contribution >= 4 is 17.5 Å². The zero-order valence-corrected chi connectivity index (χ0v) is 15.8. The Bertz CT molecular complexity index is 1000. The van der Waals surface area contributed by atoms with Crippen molar-refractivity contribution in [1.29, 1.82) is 0 Å². The van der Waals surface area contributed by atoms with E-state index < -0.39 is 0 Å². The standard InChI is InChI=1S/C23H21N3O3/c27-22(26-20-15-29-21-4-2-1-3-19(20)21)10-7-16-5-8-17(9-6-16)23(28)25-18-11-13-24-14-12-18/h1-6,8-9,11-14,20H,7,10,15H2,(H,26,27)(H,24,25,28)/t20-/m0/s1. The molecule has 0 fully saturated rings. The monoisotopic (exact) mass is 387 g/mol. The van der Waals surface area contributed by atoms with Gasteiger partial charge in [0.15, 0.2) is 0 Å². The number of carbonyl (C=O) groups excluding carboxylic acids is 2. The van der Waals surface area contributed by atoms with Crippen molar-refractivity contribution in [2.45, 2.75) is 18.9 Å². The number of aromatic nitrogens is 1. The maximum Gasteiger partial charge on any atom is 0.255 e. The molecule has 0 saturated carbocycles. The number of nitrogens with zero attached hydrogens (tertiary/aromatic N) is 1. The highest BCUT2D eigenvalue weighted by molar-refractivity contribution is 6.04. The maximum absolute atomic E-state index is 12.3. The van der Waals surface area contributed by atoms with Crippen LogP contribution in [0.5, 0.6) is 5.75 Å². The number of para-hydroxylation sites is 1. The summed E-state index contributed by atoms with van der Waals surface area (Å²) in [6, 6.07) is 18.4. The van der Waals surface area contributed by atoms with Crippen LogP contribution >= 0.6 is 0 Å². The van der Waals surface area contributed by atoms with Crippen LogP contribution in [0.2, 0.25) is 0 Å². The minimum atomic E-state index is -0.180. The number of rotatable bonds is 6. The molecule has 1 aliphatic rings. The first-order valence-corrected chi connectivity index (χ1v) is 9.50. The molecule has 2 aromatic carbocycles. The molecular formula is C23H21N3O3. The summed E-state index contributed by atoms with van der Waals surface area (Å²) in [5.74, 6) is 0.633. The number of amides is 2. The number of ether oxygens (including phenoxy) is 1. The largest absolute Gasteiger partial charge is 0.491 e. The molecule has 3 aromatic rings. The Labute approximate surface area is 168 Å². The minimum absolute atomic E-state index is 0.0187. The molecule has 146 valence electrons. The molecule has 1 atom stereocenters. The average molecular weight is 387 g/mol. The molecule has 4 rings (SSSR count). The highest BCUT2D eigenvalue weighted by Crippen LogP contribution is 2.31. The molecule has 2 amide bonds. The third kappa shape index (κ3) is 4.60. The summed E-state index contributed by atoms with van der Waals surface area (Å²) < 4.78 is 5.60. The molecule has 2 heterocycles. The predicted octanol–water partition coefficient (Wildman–Crippen LogP) is 3.52. The van der Waals surface area contributed by atoms with Crippen LogP contribution in [-0.2, 0) is 11.2 Å². The lowest BCUT2D eigenvalue weighted by Crippen LogP contribution is -2.29. The van der Waals surface area contributed by atoms with Gasteiger partial charge in [-0.1, -0.05) is 30.3 Å². The van der Waals surface area contributed by atoms with Gasteiger partial charge in [0, 0.05) is 35.6 Å². The average Bonchev–Trinajstić information content (AvgIpc) is 3.16. The number of anilines is 1. The molecule has 0 unspecified atom stereocenters. The van der Waals surface area contributed by atoms with E-state index in [0.29, 0.717) is 30.7 Å². The van der Waals surface area contributed by atoms with E-state index in [1.165, 1.54) is 0 Å². The molecule has 1 aliphatic heterocycles.